The van der Waals surface area contributed by atoms with Crippen molar-refractivity contribution < 1.29 is 68.0 Å². The Bertz CT molecular complexity index is 2950. The summed E-state index contributed by atoms with van der Waals surface area (Å²) < 4.78 is 46.5. The van der Waals surface area contributed by atoms with Gasteiger partial charge in [0.1, 0.15) is 29.9 Å². The quantitative estimate of drug-likeness (QED) is 0.0726. The summed E-state index contributed by atoms with van der Waals surface area (Å²) in [6, 6.07) is -1.24. The van der Waals surface area contributed by atoms with Crippen molar-refractivity contribution in [2.24, 2.45) is 101 Å². The predicted octanol–water partition coefficient (Wildman–Crippen LogP) is 14.3. The van der Waals surface area contributed by atoms with Crippen molar-refractivity contribution in [3.8, 4) is 0 Å². The zero-order chi connectivity index (χ0) is 71.5. The lowest BCUT2D eigenvalue weighted by atomic mass is 9.41. The van der Waals surface area contributed by atoms with E-state index in [0.717, 1.165) is 109 Å². The molecule has 0 aromatic carbocycles. The highest BCUT2D eigenvalue weighted by molar-refractivity contribution is 6.14. The monoisotopic (exact) mass is 1370 g/mol. The minimum Gasteiger partial charge on any atom is -0.461 e. The molecule has 4 spiro atoms. The molecule has 2 aliphatic heterocycles. The fourth-order valence-electron chi connectivity index (χ4n) is 27.6. The molecular formula is C79H133ClN2O14. The molecule has 0 bridgehead atoms. The molecule has 2 saturated heterocycles. The number of ether oxygens (including phenoxy) is 7. The van der Waals surface area contributed by atoms with Crippen LogP contribution in [0.5, 0.6) is 0 Å². The maximum Gasteiger partial charge on any atom is 0.410 e. The van der Waals surface area contributed by atoms with Crippen LogP contribution in [0.2, 0.25) is 0 Å². The van der Waals surface area contributed by atoms with Crippen molar-refractivity contribution in [1.29, 1.82) is 0 Å². The van der Waals surface area contributed by atoms with Crippen LogP contribution in [0.15, 0.2) is 0 Å². The maximum atomic E-state index is 14.0. The van der Waals surface area contributed by atoms with Crippen molar-refractivity contribution in [2.45, 2.75) is 350 Å². The first-order chi connectivity index (χ1) is 43.9. The Morgan fingerprint density at radius 2 is 0.875 bits per heavy atom. The number of methoxy groups -OCH3 is 2. The molecule has 16 nitrogen and oxygen atoms in total. The lowest BCUT2D eigenvalue weighted by molar-refractivity contribution is -0.223. The topological polar surface area (TPSA) is 203 Å². The smallest absolute Gasteiger partial charge is 0.410 e. The molecule has 12 rings (SSSR count). The first-order valence-corrected chi connectivity index (χ1v) is 38.2. The fraction of sp³-hybridized carbons (Fsp3) is 0.962. The molecule has 10 saturated carbocycles. The van der Waals surface area contributed by atoms with Crippen molar-refractivity contribution in [3.63, 3.8) is 0 Å². The van der Waals surface area contributed by atoms with E-state index in [4.69, 9.17) is 44.9 Å². The third-order valence-corrected chi connectivity index (χ3v) is 32.0. The van der Waals surface area contributed by atoms with E-state index >= 15 is 0 Å². The van der Waals surface area contributed by atoms with E-state index < -0.39 is 58.4 Å². The summed E-state index contributed by atoms with van der Waals surface area (Å²) >= 11 is 6.32. The second-order valence-corrected chi connectivity index (χ2v) is 40.5. The van der Waals surface area contributed by atoms with Gasteiger partial charge in [-0.05, 0) is 268 Å². The average molecular weight is 1370 g/mol. The van der Waals surface area contributed by atoms with Crippen molar-refractivity contribution in [3.05, 3.63) is 0 Å². The van der Waals surface area contributed by atoms with E-state index in [9.17, 15) is 34.8 Å². The summed E-state index contributed by atoms with van der Waals surface area (Å²) in [4.78, 5) is 41.9. The van der Waals surface area contributed by atoms with Crippen LogP contribution in [-0.2, 0) is 42.7 Å². The van der Waals surface area contributed by atoms with Crippen LogP contribution in [-0.4, -0.2) is 165 Å². The summed E-state index contributed by atoms with van der Waals surface area (Å²) in [5.41, 5.74) is -3.71. The van der Waals surface area contributed by atoms with Gasteiger partial charge in [-0.3, -0.25) is 9.69 Å². The lowest BCUT2D eigenvalue weighted by Gasteiger charge is -2.65. The van der Waals surface area contributed by atoms with Crippen LogP contribution in [0.4, 0.5) is 4.79 Å². The first kappa shape index (κ1) is 75.3. The molecule has 2 heterocycles. The Labute approximate surface area is 584 Å². The summed E-state index contributed by atoms with van der Waals surface area (Å²) in [6.07, 6.45) is 14.9. The zero-order valence-electron chi connectivity index (χ0n) is 64.3. The highest BCUT2D eigenvalue weighted by Gasteiger charge is 2.87. The van der Waals surface area contributed by atoms with Gasteiger partial charge in [0.05, 0.1) is 59.0 Å². The molecule has 550 valence electrons. The molecule has 0 aromatic rings. The van der Waals surface area contributed by atoms with Crippen molar-refractivity contribution >= 4 is 29.8 Å². The Kier molecular flexibility index (Phi) is 18.7. The van der Waals surface area contributed by atoms with Gasteiger partial charge < -0.3 is 53.6 Å². The number of carbonyl (C=O) groups excluding carboxylic acids is 3. The molecule has 1 amide bonds. The number of hydrogen-bond donors (Lipinski definition) is 4. The second kappa shape index (κ2) is 23.8. The van der Waals surface area contributed by atoms with Gasteiger partial charge in [0.2, 0.25) is 0 Å². The summed E-state index contributed by atoms with van der Waals surface area (Å²) in [5.74, 6) is 0.677. The molecular weight excluding hydrogens is 1240 g/mol. The molecule has 26 atom stereocenters. The number of aliphatic hydroxyl groups excluding tert-OH is 2. The first-order valence-electron chi connectivity index (χ1n) is 37.9. The number of nitrogens with zero attached hydrogens (tertiary/aromatic N) is 2. The molecule has 96 heavy (non-hydrogen) atoms. The van der Waals surface area contributed by atoms with Crippen LogP contribution in [0, 0.1) is 101 Å². The third kappa shape index (κ3) is 10.9. The number of hydrogen-bond acceptors (Lipinski definition) is 15. The number of carbonyl (C=O) groups is 3. The fourth-order valence-corrected chi connectivity index (χ4v) is 27.9. The van der Waals surface area contributed by atoms with E-state index in [1.807, 2.05) is 90.4 Å². The number of likely N-dealkylation sites (N-methyl/N-ethyl adjacent to an activating group) is 2. The van der Waals surface area contributed by atoms with Gasteiger partial charge in [-0.1, -0.05) is 83.1 Å². The van der Waals surface area contributed by atoms with Gasteiger partial charge >= 0.3 is 18.0 Å². The van der Waals surface area contributed by atoms with Crippen LogP contribution in [0.25, 0.3) is 0 Å². The SMILES string of the molecule is CO[C@H]1CC2C3(CC[C@]4(C)[C@@H]([C@@]5(C)CC[C@@H](C(C)(C)O)O5)[C@@H](O)C[C@@]24C)C[C@@]32CC[C@H](OC(=O)[C@H](C(C)C)N(C)C(=O)OC(C)(C)C)C(C)(C)[C@H]12.CO[C@H]1CC2C3(CC[C@]4(C)[C@@H]([C@@]5(C)CC[C@@H](C(C)(C)O)O5)[C@@H](O)C[C@@]24C)C[C@@]32CC[C@H](OC(=O)[C@H](C(C)C)N(C)Cl)C(C)(C)[C@H]12. The van der Waals surface area contributed by atoms with Gasteiger partial charge in [0, 0.05) is 51.0 Å². The Morgan fingerprint density at radius 1 is 0.510 bits per heavy atom. The normalized spacial score (nSPS) is 48.5. The highest BCUT2D eigenvalue weighted by atomic mass is 35.5. The van der Waals surface area contributed by atoms with Gasteiger partial charge in [-0.25, -0.2) is 14.0 Å². The van der Waals surface area contributed by atoms with E-state index in [0.29, 0.717) is 17.8 Å². The number of esters is 2. The average Bonchev–Trinajstić information content (AvgIpc) is 1.46. The number of amides is 1. The number of fused-ring (bicyclic) bond motifs is 4. The van der Waals surface area contributed by atoms with Crippen LogP contribution < -0.4 is 0 Å². The Morgan fingerprint density at radius 3 is 1.19 bits per heavy atom. The molecule has 4 unspecified atom stereocenters. The number of halogens is 1. The lowest BCUT2D eigenvalue weighted by Crippen LogP contribution is -2.63. The number of aliphatic hydroxyl groups is 4. The standard InChI is InChI=1S/C42H71NO8.C37H62ClNO6/c1-24(2)30(43(13)34(46)51-35(3,4)5)33(45)49-28-16-18-42-23-41(42)20-19-38(10)31(40(12)17-15-29(50-40)37(8,9)47)25(44)22-39(38,11)27(41)21-26(48-14)32(42)36(28,6)7;1-21(2)27(39(10)38)30(41)44-25-13-15-37-20-36(37)17-16-33(7)28(35(9)14-12-26(45-35)32(5,6)42)22(40)19-34(33,8)24(36)18-23(43-11)29(37)31(25,3)4/h24-32,44,47H,15-23H2,1-14H3;21-29,40,42H,12-20H2,1-11H3/t25-,26-,27?,28-,29-,30-,31-,32-,38+,39-,40+,41?,42+;22-,23-,24?,25-,26-,27-,28-,29-,33+,34-,35+,36?,37+/m00/s1. The van der Waals surface area contributed by atoms with Crippen LogP contribution in [0.1, 0.15) is 261 Å². The summed E-state index contributed by atoms with van der Waals surface area (Å²) in [5, 5.41) is 45.7. The van der Waals surface area contributed by atoms with Crippen LogP contribution in [0.3, 0.4) is 0 Å². The largest absolute Gasteiger partial charge is 0.461 e. The minimum absolute atomic E-state index is 0.000661. The van der Waals surface area contributed by atoms with E-state index in [-0.39, 0.29) is 132 Å². The van der Waals surface area contributed by atoms with Gasteiger partial charge in [0.25, 0.3) is 0 Å². The van der Waals surface area contributed by atoms with E-state index in [2.05, 4.69) is 69.2 Å². The summed E-state index contributed by atoms with van der Waals surface area (Å²) in [7, 11) is 7.09. The second-order valence-electron chi connectivity index (χ2n) is 40.0. The molecule has 0 radical (unpaired) electrons. The minimum atomic E-state index is -0.920. The van der Waals surface area contributed by atoms with E-state index in [1.54, 1.807) is 14.1 Å². The van der Waals surface area contributed by atoms with Gasteiger partial charge in [-0.2, -0.15) is 0 Å². The van der Waals surface area contributed by atoms with Gasteiger partial charge in [0.15, 0.2) is 0 Å². The van der Waals surface area contributed by atoms with Crippen molar-refractivity contribution in [1.82, 2.24) is 9.32 Å². The molecule has 0 aromatic heterocycles. The maximum absolute atomic E-state index is 14.0. The molecule has 4 N–H and O–H groups in total. The molecule has 17 heteroatoms. The van der Waals surface area contributed by atoms with Crippen LogP contribution >= 0.6 is 11.8 Å². The molecule has 12 fully saturated rings. The zero-order valence-corrected chi connectivity index (χ0v) is 65.0. The Hall–Kier alpha value is -1.86. The third-order valence-electron chi connectivity index (χ3n) is 31.8. The highest BCUT2D eigenvalue weighted by Crippen LogP contribution is 2.91. The Balaban J connectivity index is 0.000000197. The molecule has 12 aliphatic rings. The summed E-state index contributed by atoms with van der Waals surface area (Å²) in [6.45, 7) is 44.2. The number of rotatable bonds is 14. The van der Waals surface area contributed by atoms with E-state index in [1.165, 1.54) is 15.7 Å². The van der Waals surface area contributed by atoms with Gasteiger partial charge in [-0.15, -0.1) is 0 Å². The van der Waals surface area contributed by atoms with Crippen molar-refractivity contribution in [2.75, 3.05) is 28.3 Å². The molecule has 10 aliphatic carbocycles. The predicted molar refractivity (Wildman–Crippen MR) is 371 cm³/mol.